The molecule has 0 spiro atoms. The molecule has 0 aliphatic carbocycles. The molecular weight excluding hydrogens is 324 g/mol. The van der Waals surface area contributed by atoms with E-state index in [9.17, 15) is 9.59 Å². The zero-order valence-electron chi connectivity index (χ0n) is 14.3. The van der Waals surface area contributed by atoms with Gasteiger partial charge in [0.25, 0.3) is 0 Å². The molecule has 0 aliphatic heterocycles. The maximum Gasteiger partial charge on any atom is 0.340 e. The molecule has 4 heteroatoms. The van der Waals surface area contributed by atoms with E-state index in [1.165, 1.54) is 0 Å². The third-order valence-corrected chi connectivity index (χ3v) is 4.11. The zero-order chi connectivity index (χ0) is 17.9. The van der Waals surface area contributed by atoms with Crippen molar-refractivity contribution in [2.75, 3.05) is 0 Å². The fourth-order valence-corrected chi connectivity index (χ4v) is 2.49. The highest BCUT2D eigenvalue weighted by atomic mass is 35.5. The van der Waals surface area contributed by atoms with E-state index in [2.05, 4.69) is 20.8 Å². The molecule has 0 N–H and O–H groups in total. The molecule has 0 saturated carbocycles. The Bertz CT molecular complexity index is 742. The smallest absolute Gasteiger partial charge is 0.340 e. The molecule has 24 heavy (non-hydrogen) atoms. The van der Waals surface area contributed by atoms with Gasteiger partial charge in [0.1, 0.15) is 0 Å². The Morgan fingerprint density at radius 3 is 2.12 bits per heavy atom. The van der Waals surface area contributed by atoms with Crippen LogP contribution in [-0.4, -0.2) is 17.9 Å². The maximum atomic E-state index is 12.4. The second-order valence-corrected chi connectivity index (χ2v) is 7.13. The van der Waals surface area contributed by atoms with E-state index in [1.54, 1.807) is 43.3 Å². The number of hydrogen-bond acceptors (Lipinski definition) is 3. The maximum absolute atomic E-state index is 12.4. The summed E-state index contributed by atoms with van der Waals surface area (Å²) in [7, 11) is 0. The van der Waals surface area contributed by atoms with Gasteiger partial charge in [-0.15, -0.1) is 0 Å². The lowest BCUT2D eigenvalue weighted by Gasteiger charge is -2.19. The van der Waals surface area contributed by atoms with Gasteiger partial charge in [0.2, 0.25) is 5.78 Å². The number of hydrogen-bond donors (Lipinski definition) is 0. The quantitative estimate of drug-likeness (QED) is 0.574. The topological polar surface area (TPSA) is 43.4 Å². The van der Waals surface area contributed by atoms with Crippen molar-refractivity contribution in [3.63, 3.8) is 0 Å². The summed E-state index contributed by atoms with van der Waals surface area (Å²) in [6.45, 7) is 7.89. The molecule has 0 fully saturated rings. The number of ketones is 1. The van der Waals surface area contributed by atoms with E-state index in [0.29, 0.717) is 10.6 Å². The Labute approximate surface area is 147 Å². The molecule has 0 bridgehead atoms. The van der Waals surface area contributed by atoms with Crippen LogP contribution in [0.1, 0.15) is 54.0 Å². The van der Waals surface area contributed by atoms with Crippen LogP contribution in [0.3, 0.4) is 0 Å². The Kier molecular flexibility index (Phi) is 5.45. The highest BCUT2D eigenvalue weighted by molar-refractivity contribution is 6.33. The van der Waals surface area contributed by atoms with Crippen LogP contribution in [0, 0.1) is 0 Å². The molecule has 0 unspecified atom stereocenters. The normalized spacial score (nSPS) is 12.5. The van der Waals surface area contributed by atoms with Gasteiger partial charge in [-0.1, -0.05) is 68.8 Å². The molecule has 0 aliphatic rings. The summed E-state index contributed by atoms with van der Waals surface area (Å²) in [5.41, 5.74) is 1.92. The average molecular weight is 345 g/mol. The predicted octanol–water partition coefficient (Wildman–Crippen LogP) is 5.07. The van der Waals surface area contributed by atoms with E-state index in [4.69, 9.17) is 16.3 Å². The molecule has 2 rings (SSSR count). The minimum atomic E-state index is -0.880. The second-order valence-electron chi connectivity index (χ2n) is 6.72. The lowest BCUT2D eigenvalue weighted by atomic mass is 9.86. The summed E-state index contributed by atoms with van der Waals surface area (Å²) >= 11 is 5.97. The van der Waals surface area contributed by atoms with Gasteiger partial charge in [0.15, 0.2) is 6.10 Å². The minimum absolute atomic E-state index is 0.0176. The Morgan fingerprint density at radius 1 is 1.00 bits per heavy atom. The summed E-state index contributed by atoms with van der Waals surface area (Å²) in [5.74, 6) is -0.844. The number of rotatable bonds is 4. The largest absolute Gasteiger partial charge is 0.451 e. The van der Waals surface area contributed by atoms with Gasteiger partial charge in [0, 0.05) is 5.56 Å². The van der Waals surface area contributed by atoms with Gasteiger partial charge >= 0.3 is 5.97 Å². The van der Waals surface area contributed by atoms with Crippen LogP contribution in [0.4, 0.5) is 0 Å². The molecular formula is C20H21ClO3. The molecule has 2 aromatic carbocycles. The van der Waals surface area contributed by atoms with E-state index >= 15 is 0 Å². The third kappa shape index (κ3) is 4.24. The monoisotopic (exact) mass is 344 g/mol. The highest BCUT2D eigenvalue weighted by Gasteiger charge is 2.22. The molecule has 3 nitrogen and oxygen atoms in total. The molecule has 0 saturated heterocycles. The average Bonchev–Trinajstić information content (AvgIpc) is 2.53. The molecule has 0 amide bonds. The van der Waals surface area contributed by atoms with E-state index in [1.807, 2.05) is 12.1 Å². The third-order valence-electron chi connectivity index (χ3n) is 3.78. The van der Waals surface area contributed by atoms with Crippen LogP contribution < -0.4 is 0 Å². The van der Waals surface area contributed by atoms with Crippen LogP contribution in [-0.2, 0) is 10.2 Å². The van der Waals surface area contributed by atoms with Gasteiger partial charge in [0.05, 0.1) is 10.6 Å². The first kappa shape index (κ1) is 18.2. The number of carbonyl (C=O) groups is 2. The molecule has 0 radical (unpaired) electrons. The van der Waals surface area contributed by atoms with Crippen LogP contribution in [0.15, 0.2) is 48.5 Å². The van der Waals surface area contributed by atoms with Crippen molar-refractivity contribution in [3.05, 3.63) is 70.2 Å². The zero-order valence-corrected chi connectivity index (χ0v) is 15.1. The van der Waals surface area contributed by atoms with Crippen LogP contribution in [0.2, 0.25) is 5.02 Å². The van der Waals surface area contributed by atoms with Crippen molar-refractivity contribution in [2.24, 2.45) is 0 Å². The first-order valence-corrected chi connectivity index (χ1v) is 8.18. The van der Waals surface area contributed by atoms with Crippen molar-refractivity contribution < 1.29 is 14.3 Å². The van der Waals surface area contributed by atoms with Crippen molar-refractivity contribution in [3.8, 4) is 0 Å². The first-order valence-electron chi connectivity index (χ1n) is 7.80. The minimum Gasteiger partial charge on any atom is -0.451 e. The van der Waals surface area contributed by atoms with E-state index < -0.39 is 12.1 Å². The van der Waals surface area contributed by atoms with Crippen LogP contribution in [0.25, 0.3) is 0 Å². The summed E-state index contributed by atoms with van der Waals surface area (Å²) < 4.78 is 5.26. The molecule has 2 aromatic rings. The molecule has 0 aromatic heterocycles. The predicted molar refractivity (Wildman–Crippen MR) is 95.8 cm³/mol. The van der Waals surface area contributed by atoms with E-state index in [-0.39, 0.29) is 16.8 Å². The van der Waals surface area contributed by atoms with Crippen LogP contribution in [0.5, 0.6) is 0 Å². The number of Topliss-reactive ketones (excluding diaryl/α,β-unsaturated/α-hetero) is 1. The van der Waals surface area contributed by atoms with Gasteiger partial charge in [-0.25, -0.2) is 4.79 Å². The summed E-state index contributed by atoms with van der Waals surface area (Å²) in [6, 6.07) is 14.0. The Hall–Kier alpha value is -2.13. The summed E-state index contributed by atoms with van der Waals surface area (Å²) in [6.07, 6.45) is -0.880. The number of ether oxygens (including phenoxy) is 1. The van der Waals surface area contributed by atoms with Gasteiger partial charge in [-0.3, -0.25) is 4.79 Å². The lowest BCUT2D eigenvalue weighted by Crippen LogP contribution is -2.24. The molecule has 0 heterocycles. The Morgan fingerprint density at radius 2 is 1.58 bits per heavy atom. The van der Waals surface area contributed by atoms with Gasteiger partial charge < -0.3 is 4.74 Å². The van der Waals surface area contributed by atoms with E-state index in [0.717, 1.165) is 5.56 Å². The number of esters is 1. The standard InChI is InChI=1S/C20H21ClO3/c1-13(24-19(23)16-7-5-6-8-17(16)21)18(22)14-9-11-15(12-10-14)20(2,3)4/h5-13H,1-4H3/t13-/m0/s1. The van der Waals surface area contributed by atoms with Gasteiger partial charge in [-0.05, 0) is 30.0 Å². The fraction of sp³-hybridized carbons (Fsp3) is 0.300. The Balaban J connectivity index is 2.10. The number of carbonyl (C=O) groups excluding carboxylic acids is 2. The summed E-state index contributed by atoms with van der Waals surface area (Å²) in [5, 5.41) is 0.302. The number of halogens is 1. The highest BCUT2D eigenvalue weighted by Crippen LogP contribution is 2.23. The summed E-state index contributed by atoms with van der Waals surface area (Å²) in [4.78, 5) is 24.6. The molecule has 1 atom stereocenters. The van der Waals surface area contributed by atoms with Crippen molar-refractivity contribution in [1.29, 1.82) is 0 Å². The van der Waals surface area contributed by atoms with Crippen molar-refractivity contribution in [1.82, 2.24) is 0 Å². The first-order chi connectivity index (χ1) is 11.2. The lowest BCUT2D eigenvalue weighted by molar-refractivity contribution is 0.0319. The van der Waals surface area contributed by atoms with Crippen molar-refractivity contribution in [2.45, 2.75) is 39.2 Å². The van der Waals surface area contributed by atoms with Crippen LogP contribution >= 0.6 is 11.6 Å². The van der Waals surface area contributed by atoms with Gasteiger partial charge in [-0.2, -0.15) is 0 Å². The fourth-order valence-electron chi connectivity index (χ4n) is 2.27. The second kappa shape index (κ2) is 7.18. The SMILES string of the molecule is C[C@H](OC(=O)c1ccccc1Cl)C(=O)c1ccc(C(C)(C)C)cc1. The van der Waals surface area contributed by atoms with Crippen molar-refractivity contribution >= 4 is 23.4 Å². The molecule has 126 valence electrons. The number of benzene rings is 2.